The van der Waals surface area contributed by atoms with E-state index in [4.69, 9.17) is 24.2 Å². The summed E-state index contributed by atoms with van der Waals surface area (Å²) in [5.74, 6) is 0.497. The normalized spacial score (nSPS) is 16.1. The molecule has 4 heterocycles. The van der Waals surface area contributed by atoms with Gasteiger partial charge in [0.2, 0.25) is 0 Å². The molecule has 14 heteroatoms. The van der Waals surface area contributed by atoms with Gasteiger partial charge in [0.15, 0.2) is 0 Å². The van der Waals surface area contributed by atoms with Crippen molar-refractivity contribution in [3.05, 3.63) is 60.4 Å². The molecule has 11 nitrogen and oxygen atoms in total. The first-order valence-electron chi connectivity index (χ1n) is 19.1. The van der Waals surface area contributed by atoms with Crippen LogP contribution in [0.25, 0.3) is 33.5 Å². The summed E-state index contributed by atoms with van der Waals surface area (Å²) in [6.07, 6.45) is 0.0305. The smallest absolute Gasteiger partial charge is 0.410 e. The maximum atomic E-state index is 12.9. The number of benzene rings is 2. The standard InChI is InChI=1S/C41H53F2N7O4Si/c1-41(2,3)54-40(51)49-15-13-33(14-16-49)53-36-12-9-30(23-31(36)25-44)38-34-24-35(50(39(34)46-27-45-38)28-52-21-22-55(4,5)6)29-7-10-32(11-8-29)48-19-17-47(18-20-48)26-37(42)43/h7-12,23-24,27,33,37H,13-22,26,28H2,1-6H3. The van der Waals surface area contributed by atoms with Gasteiger partial charge in [0.05, 0.1) is 23.5 Å². The van der Waals surface area contributed by atoms with Gasteiger partial charge in [0, 0.05) is 83.4 Å². The van der Waals surface area contributed by atoms with Crippen LogP contribution in [0.2, 0.25) is 25.7 Å². The van der Waals surface area contributed by atoms with Crippen LogP contribution in [-0.4, -0.2) is 109 Å². The van der Waals surface area contributed by atoms with E-state index in [0.717, 1.165) is 39.6 Å². The minimum atomic E-state index is -2.32. The van der Waals surface area contributed by atoms with E-state index >= 15 is 0 Å². The van der Waals surface area contributed by atoms with Crippen molar-refractivity contribution in [2.75, 3.05) is 57.3 Å². The summed E-state index contributed by atoms with van der Waals surface area (Å²) in [5.41, 5.74) is 4.99. The number of piperidine rings is 1. The third kappa shape index (κ3) is 10.4. The van der Waals surface area contributed by atoms with Gasteiger partial charge in [0.1, 0.15) is 42.2 Å². The van der Waals surface area contributed by atoms with Crippen molar-refractivity contribution >= 4 is 30.9 Å². The molecule has 2 aliphatic rings. The fourth-order valence-electron chi connectivity index (χ4n) is 6.95. The summed E-state index contributed by atoms with van der Waals surface area (Å²) in [6, 6.07) is 19.3. The summed E-state index contributed by atoms with van der Waals surface area (Å²) in [7, 11) is -1.31. The fraction of sp³-hybridized carbons (Fsp3) is 0.512. The van der Waals surface area contributed by atoms with Gasteiger partial charge >= 0.3 is 6.09 Å². The van der Waals surface area contributed by atoms with E-state index in [0.29, 0.717) is 82.5 Å². The molecule has 0 unspecified atom stereocenters. The van der Waals surface area contributed by atoms with E-state index in [-0.39, 0.29) is 18.7 Å². The number of rotatable bonds is 12. The number of anilines is 1. The topological polar surface area (TPSA) is 109 Å². The Morgan fingerprint density at radius 2 is 1.65 bits per heavy atom. The summed E-state index contributed by atoms with van der Waals surface area (Å²) in [6.45, 7) is 17.0. The number of nitrogens with zero attached hydrogens (tertiary/aromatic N) is 7. The Balaban J connectivity index is 1.23. The Kier molecular flexibility index (Phi) is 12.4. The monoisotopic (exact) mass is 773 g/mol. The molecule has 2 fully saturated rings. The van der Waals surface area contributed by atoms with Gasteiger partial charge in [-0.25, -0.2) is 23.5 Å². The van der Waals surface area contributed by atoms with Gasteiger partial charge in [-0.2, -0.15) is 5.26 Å². The highest BCUT2D eigenvalue weighted by Crippen LogP contribution is 2.36. The number of alkyl halides is 2. The number of amides is 1. The van der Waals surface area contributed by atoms with Crippen LogP contribution >= 0.6 is 0 Å². The third-order valence-electron chi connectivity index (χ3n) is 9.96. The number of hydrogen-bond acceptors (Lipinski definition) is 9. The van der Waals surface area contributed by atoms with Crippen molar-refractivity contribution in [2.45, 2.75) is 84.2 Å². The molecule has 6 rings (SSSR count). The second-order valence-electron chi connectivity index (χ2n) is 16.6. The van der Waals surface area contributed by atoms with Crippen molar-refractivity contribution in [3.8, 4) is 34.3 Å². The number of ether oxygens (including phenoxy) is 3. The Labute approximate surface area is 323 Å². The molecule has 0 aliphatic carbocycles. The highest BCUT2D eigenvalue weighted by molar-refractivity contribution is 6.76. The summed E-state index contributed by atoms with van der Waals surface area (Å²) >= 11 is 0. The molecule has 0 radical (unpaired) electrons. The van der Waals surface area contributed by atoms with E-state index in [2.05, 4.69) is 65.5 Å². The summed E-state index contributed by atoms with van der Waals surface area (Å²) in [4.78, 5) is 27.7. The van der Waals surface area contributed by atoms with Gasteiger partial charge < -0.3 is 28.6 Å². The molecule has 1 amide bonds. The quantitative estimate of drug-likeness (QED) is 0.104. The lowest BCUT2D eigenvalue weighted by Crippen LogP contribution is -2.47. The van der Waals surface area contributed by atoms with E-state index in [9.17, 15) is 18.8 Å². The zero-order valence-electron chi connectivity index (χ0n) is 32.9. The Hall–Kier alpha value is -4.58. The van der Waals surface area contributed by atoms with Crippen LogP contribution in [0.3, 0.4) is 0 Å². The zero-order chi connectivity index (χ0) is 39.3. The number of halogens is 2. The van der Waals surface area contributed by atoms with Gasteiger partial charge in [-0.15, -0.1) is 0 Å². The number of nitriles is 1. The van der Waals surface area contributed by atoms with Gasteiger partial charge in [-0.05, 0) is 68.8 Å². The number of piperazine rings is 1. The number of hydrogen-bond donors (Lipinski definition) is 0. The lowest BCUT2D eigenvalue weighted by Gasteiger charge is -2.36. The van der Waals surface area contributed by atoms with Gasteiger partial charge in [0.25, 0.3) is 6.43 Å². The Bertz CT molecular complexity index is 1970. The minimum Gasteiger partial charge on any atom is -0.489 e. The molecule has 0 N–H and O–H groups in total. The molecule has 0 bridgehead atoms. The molecule has 2 aliphatic heterocycles. The molecule has 0 spiro atoms. The lowest BCUT2D eigenvalue weighted by molar-refractivity contribution is 0.0126. The maximum absolute atomic E-state index is 12.9. The molecule has 0 saturated carbocycles. The second kappa shape index (κ2) is 17.1. The average molecular weight is 774 g/mol. The van der Waals surface area contributed by atoms with E-state index in [1.54, 1.807) is 11.2 Å². The van der Waals surface area contributed by atoms with Crippen LogP contribution in [0.5, 0.6) is 5.75 Å². The predicted molar refractivity (Wildman–Crippen MR) is 213 cm³/mol. The largest absolute Gasteiger partial charge is 0.489 e. The zero-order valence-corrected chi connectivity index (χ0v) is 33.9. The lowest BCUT2D eigenvalue weighted by atomic mass is 10.0. The van der Waals surface area contributed by atoms with Gasteiger partial charge in [-0.1, -0.05) is 31.8 Å². The molecular formula is C41H53F2N7O4Si. The molecule has 2 aromatic carbocycles. The second-order valence-corrected chi connectivity index (χ2v) is 22.2. The third-order valence-corrected chi connectivity index (χ3v) is 11.7. The number of carbonyl (C=O) groups is 1. The van der Waals surface area contributed by atoms with Crippen LogP contribution in [0.15, 0.2) is 54.9 Å². The Morgan fingerprint density at radius 3 is 2.29 bits per heavy atom. The molecule has 0 atom stereocenters. The van der Waals surface area contributed by atoms with E-state index in [1.165, 1.54) is 0 Å². The Morgan fingerprint density at radius 1 is 0.964 bits per heavy atom. The predicted octanol–water partition coefficient (Wildman–Crippen LogP) is 8.11. The van der Waals surface area contributed by atoms with Crippen LogP contribution in [-0.2, 0) is 16.2 Å². The average Bonchev–Trinajstić information content (AvgIpc) is 3.51. The minimum absolute atomic E-state index is 0.138. The molecule has 4 aromatic rings. The molecule has 294 valence electrons. The highest BCUT2D eigenvalue weighted by Gasteiger charge is 2.28. The number of carbonyl (C=O) groups excluding carboxylic acids is 1. The molecular weight excluding hydrogens is 721 g/mol. The number of aromatic nitrogens is 3. The SMILES string of the molecule is CC(C)(C)OC(=O)N1CCC(Oc2ccc(-c3ncnc4c3cc(-c3ccc(N5CCN(CC(F)F)CC5)cc3)n4COCC[Si](C)(C)C)cc2C#N)CC1. The number of likely N-dealkylation sites (tertiary alicyclic amines) is 1. The van der Waals surface area contributed by atoms with Crippen LogP contribution in [0.4, 0.5) is 19.3 Å². The molecule has 2 saturated heterocycles. The van der Waals surface area contributed by atoms with E-state index < -0.39 is 20.1 Å². The van der Waals surface area contributed by atoms with Crippen molar-refractivity contribution in [1.29, 1.82) is 5.26 Å². The van der Waals surface area contributed by atoms with E-state index in [1.807, 2.05) is 43.9 Å². The van der Waals surface area contributed by atoms with Gasteiger partial charge in [-0.3, -0.25) is 4.90 Å². The first-order chi connectivity index (χ1) is 26.2. The van der Waals surface area contributed by atoms with Crippen LogP contribution < -0.4 is 9.64 Å². The van der Waals surface area contributed by atoms with Crippen molar-refractivity contribution in [3.63, 3.8) is 0 Å². The highest BCUT2D eigenvalue weighted by atomic mass is 28.3. The summed E-state index contributed by atoms with van der Waals surface area (Å²) in [5, 5.41) is 11.0. The first-order valence-corrected chi connectivity index (χ1v) is 22.8. The van der Waals surface area contributed by atoms with Crippen LogP contribution in [0, 0.1) is 11.3 Å². The van der Waals surface area contributed by atoms with Crippen molar-refractivity contribution < 1.29 is 27.8 Å². The molecule has 55 heavy (non-hydrogen) atoms. The van der Waals surface area contributed by atoms with Crippen LogP contribution in [0.1, 0.15) is 39.2 Å². The summed E-state index contributed by atoms with van der Waals surface area (Å²) < 4.78 is 46.0. The maximum Gasteiger partial charge on any atom is 0.410 e. The molecule has 2 aromatic heterocycles. The fourth-order valence-corrected chi connectivity index (χ4v) is 7.71. The number of fused-ring (bicyclic) bond motifs is 1. The van der Waals surface area contributed by atoms with Crippen molar-refractivity contribution in [2.24, 2.45) is 0 Å². The first kappa shape index (κ1) is 40.1. The van der Waals surface area contributed by atoms with Crippen molar-refractivity contribution in [1.82, 2.24) is 24.3 Å².